The highest BCUT2D eigenvalue weighted by Crippen LogP contribution is 2.17. The van der Waals surface area contributed by atoms with Crippen LogP contribution >= 0.6 is 22.9 Å². The van der Waals surface area contributed by atoms with Crippen LogP contribution in [0.5, 0.6) is 0 Å². The van der Waals surface area contributed by atoms with Gasteiger partial charge in [-0.15, -0.1) is 11.3 Å². The molecule has 0 aliphatic carbocycles. The van der Waals surface area contributed by atoms with Crippen LogP contribution in [0.3, 0.4) is 0 Å². The van der Waals surface area contributed by atoms with E-state index in [2.05, 4.69) is 10.6 Å². The lowest BCUT2D eigenvalue weighted by Gasteiger charge is -2.15. The predicted molar refractivity (Wildman–Crippen MR) is 98.5 cm³/mol. The summed E-state index contributed by atoms with van der Waals surface area (Å²) in [7, 11) is 0. The van der Waals surface area contributed by atoms with Gasteiger partial charge in [0.25, 0.3) is 18.3 Å². The van der Waals surface area contributed by atoms with Gasteiger partial charge in [-0.3, -0.25) is 14.4 Å². The van der Waals surface area contributed by atoms with Crippen molar-refractivity contribution in [1.82, 2.24) is 10.6 Å². The van der Waals surface area contributed by atoms with Gasteiger partial charge in [-0.2, -0.15) is 0 Å². The Morgan fingerprint density at radius 2 is 2.00 bits per heavy atom. The molecule has 1 aromatic heterocycles. The first-order valence-electron chi connectivity index (χ1n) is 7.35. The van der Waals surface area contributed by atoms with Gasteiger partial charge in [0.05, 0.1) is 15.5 Å². The number of hydrogen-bond acceptors (Lipinski definition) is 4. The third-order valence-corrected chi connectivity index (χ3v) is 4.24. The number of amides is 2. The van der Waals surface area contributed by atoms with Crippen LogP contribution in [0.25, 0.3) is 0 Å². The lowest BCUT2D eigenvalue weighted by molar-refractivity contribution is -0.122. The summed E-state index contributed by atoms with van der Waals surface area (Å²) in [4.78, 5) is 33.0. The lowest BCUT2D eigenvalue weighted by Crippen LogP contribution is -2.41. The second kappa shape index (κ2) is 10.5. The number of aryl methyl sites for hydroxylation is 1. The minimum absolute atomic E-state index is 0.135. The molecular weight excluding hydrogens is 364 g/mol. The molecule has 0 saturated carbocycles. The smallest absolute Gasteiger partial charge is 0.290 e. The van der Waals surface area contributed by atoms with E-state index in [1.807, 2.05) is 31.4 Å². The summed E-state index contributed by atoms with van der Waals surface area (Å²) < 4.78 is 0. The van der Waals surface area contributed by atoms with Gasteiger partial charge in [-0.1, -0.05) is 23.7 Å². The standard InChI is InChI=1S/C16H17ClN2O2S.CH2O2/c1-10-5-6-12(13(17)8-10)15(20)19-11(2)9-18-16(21)14-4-3-7-22-14;2-1-3/h3-8,11H,9H2,1-2H3,(H,18,21)(H,19,20);1H,(H,2,3). The molecule has 134 valence electrons. The van der Waals surface area contributed by atoms with E-state index in [1.165, 1.54) is 11.3 Å². The maximum Gasteiger partial charge on any atom is 0.290 e. The number of hydrogen-bond donors (Lipinski definition) is 3. The molecule has 1 aromatic carbocycles. The zero-order valence-corrected chi connectivity index (χ0v) is 15.4. The highest BCUT2D eigenvalue weighted by atomic mass is 35.5. The van der Waals surface area contributed by atoms with Crippen LogP contribution in [0.4, 0.5) is 0 Å². The van der Waals surface area contributed by atoms with Crippen molar-refractivity contribution in [3.8, 4) is 0 Å². The Morgan fingerprint density at radius 3 is 2.56 bits per heavy atom. The van der Waals surface area contributed by atoms with Crippen LogP contribution in [0.15, 0.2) is 35.7 Å². The second-order valence-electron chi connectivity index (χ2n) is 5.15. The third-order valence-electron chi connectivity index (χ3n) is 3.06. The molecule has 0 bridgehead atoms. The summed E-state index contributed by atoms with van der Waals surface area (Å²) in [6.07, 6.45) is 0. The van der Waals surface area contributed by atoms with Gasteiger partial charge in [0.15, 0.2) is 0 Å². The van der Waals surface area contributed by atoms with Crippen molar-refractivity contribution >= 4 is 41.2 Å². The first-order valence-corrected chi connectivity index (χ1v) is 8.61. The SMILES string of the molecule is Cc1ccc(C(=O)NC(C)CNC(=O)c2cccs2)c(Cl)c1.O=CO. The van der Waals surface area contributed by atoms with E-state index in [9.17, 15) is 9.59 Å². The van der Waals surface area contributed by atoms with E-state index in [1.54, 1.807) is 18.2 Å². The summed E-state index contributed by atoms with van der Waals surface area (Å²) in [6, 6.07) is 8.67. The van der Waals surface area contributed by atoms with Crippen molar-refractivity contribution in [3.05, 3.63) is 56.7 Å². The molecule has 8 heteroatoms. The summed E-state index contributed by atoms with van der Waals surface area (Å²) in [5.41, 5.74) is 1.43. The average molecular weight is 383 g/mol. The Morgan fingerprint density at radius 1 is 1.32 bits per heavy atom. The fraction of sp³-hybridized carbons (Fsp3) is 0.235. The number of nitrogens with one attached hydrogen (secondary N) is 2. The maximum absolute atomic E-state index is 12.2. The largest absolute Gasteiger partial charge is 0.483 e. The molecule has 0 spiro atoms. The number of carbonyl (C=O) groups excluding carboxylic acids is 2. The van der Waals surface area contributed by atoms with Crippen molar-refractivity contribution in [1.29, 1.82) is 0 Å². The molecular formula is C17H19ClN2O4S. The van der Waals surface area contributed by atoms with Crippen molar-refractivity contribution < 1.29 is 19.5 Å². The van der Waals surface area contributed by atoms with Crippen molar-refractivity contribution in [2.75, 3.05) is 6.54 Å². The number of carbonyl (C=O) groups is 3. The van der Waals surface area contributed by atoms with E-state index in [0.717, 1.165) is 5.56 Å². The van der Waals surface area contributed by atoms with Crippen LogP contribution in [0.2, 0.25) is 5.02 Å². The zero-order valence-electron chi connectivity index (χ0n) is 13.8. The van der Waals surface area contributed by atoms with Gasteiger partial charge < -0.3 is 15.7 Å². The summed E-state index contributed by atoms with van der Waals surface area (Å²) in [5, 5.41) is 14.8. The topological polar surface area (TPSA) is 95.5 Å². The molecule has 25 heavy (non-hydrogen) atoms. The van der Waals surface area contributed by atoms with Crippen molar-refractivity contribution in [2.45, 2.75) is 19.9 Å². The van der Waals surface area contributed by atoms with Crippen molar-refractivity contribution in [2.24, 2.45) is 0 Å². The summed E-state index contributed by atoms with van der Waals surface area (Å²) in [6.45, 7) is 3.84. The Hall–Kier alpha value is -2.38. The second-order valence-corrected chi connectivity index (χ2v) is 6.51. The molecule has 1 atom stereocenters. The molecule has 0 aliphatic heterocycles. The minimum Gasteiger partial charge on any atom is -0.483 e. The average Bonchev–Trinajstić information content (AvgIpc) is 3.07. The molecule has 3 N–H and O–H groups in total. The molecule has 2 aromatic rings. The van der Waals surface area contributed by atoms with Gasteiger partial charge in [0.2, 0.25) is 0 Å². The van der Waals surface area contributed by atoms with E-state index < -0.39 is 0 Å². The summed E-state index contributed by atoms with van der Waals surface area (Å²) in [5.74, 6) is -0.382. The highest BCUT2D eigenvalue weighted by Gasteiger charge is 2.14. The van der Waals surface area contributed by atoms with E-state index in [-0.39, 0.29) is 24.3 Å². The van der Waals surface area contributed by atoms with E-state index >= 15 is 0 Å². The molecule has 0 saturated heterocycles. The Labute approximate surface area is 154 Å². The quantitative estimate of drug-likeness (QED) is 0.693. The van der Waals surface area contributed by atoms with Gasteiger partial charge >= 0.3 is 0 Å². The Kier molecular flexibility index (Phi) is 8.66. The van der Waals surface area contributed by atoms with Gasteiger partial charge in [-0.25, -0.2) is 0 Å². The lowest BCUT2D eigenvalue weighted by atomic mass is 10.1. The molecule has 0 aliphatic rings. The first-order chi connectivity index (χ1) is 11.9. The number of rotatable bonds is 5. The molecule has 6 nitrogen and oxygen atoms in total. The molecule has 1 unspecified atom stereocenters. The monoisotopic (exact) mass is 382 g/mol. The van der Waals surface area contributed by atoms with Gasteiger partial charge in [-0.05, 0) is 43.0 Å². The Bertz CT molecular complexity index is 719. The highest BCUT2D eigenvalue weighted by molar-refractivity contribution is 7.12. The van der Waals surface area contributed by atoms with E-state index in [4.69, 9.17) is 21.5 Å². The normalized spacial score (nSPS) is 10.8. The first kappa shape index (κ1) is 20.7. The van der Waals surface area contributed by atoms with E-state index in [0.29, 0.717) is 22.0 Å². The molecule has 0 fully saturated rings. The third kappa shape index (κ3) is 6.94. The molecule has 2 amide bonds. The number of halogens is 1. The number of carboxylic acid groups (broad SMARTS) is 1. The predicted octanol–water partition coefficient (Wildman–Crippen LogP) is 2.96. The van der Waals surface area contributed by atoms with Crippen LogP contribution in [0, 0.1) is 6.92 Å². The minimum atomic E-state index is -0.250. The number of benzene rings is 1. The Balaban J connectivity index is 0.000000970. The van der Waals surface area contributed by atoms with Gasteiger partial charge in [0, 0.05) is 12.6 Å². The van der Waals surface area contributed by atoms with Crippen LogP contribution in [-0.4, -0.2) is 36.0 Å². The van der Waals surface area contributed by atoms with Crippen LogP contribution in [0.1, 0.15) is 32.5 Å². The molecule has 1 heterocycles. The maximum atomic E-state index is 12.2. The molecule has 2 rings (SSSR count). The molecule has 0 radical (unpaired) electrons. The van der Waals surface area contributed by atoms with Crippen LogP contribution < -0.4 is 10.6 Å². The fourth-order valence-electron chi connectivity index (χ4n) is 1.90. The zero-order chi connectivity index (χ0) is 18.8. The van der Waals surface area contributed by atoms with Crippen LogP contribution in [-0.2, 0) is 4.79 Å². The van der Waals surface area contributed by atoms with Crippen molar-refractivity contribution in [3.63, 3.8) is 0 Å². The summed E-state index contributed by atoms with van der Waals surface area (Å²) >= 11 is 7.45. The van der Waals surface area contributed by atoms with Gasteiger partial charge in [0.1, 0.15) is 0 Å². The fourth-order valence-corrected chi connectivity index (χ4v) is 2.86. The number of thiophene rings is 1.